The third kappa shape index (κ3) is 4.32. The molecule has 0 saturated carbocycles. The first kappa shape index (κ1) is 16.0. The number of carbonyl (C=O) groups is 1. The van der Waals surface area contributed by atoms with E-state index >= 15 is 0 Å². The molecule has 1 heterocycles. The van der Waals surface area contributed by atoms with E-state index in [1.54, 1.807) is 12.4 Å². The Hall–Kier alpha value is -2.36. The van der Waals surface area contributed by atoms with E-state index in [-0.39, 0.29) is 12.1 Å². The molecule has 0 aliphatic carbocycles. The molecule has 0 spiro atoms. The Morgan fingerprint density at radius 3 is 2.27 bits per heavy atom. The summed E-state index contributed by atoms with van der Waals surface area (Å²) in [6.07, 6.45) is 4.55. The smallest absolute Gasteiger partial charge is 0.319 e. The van der Waals surface area contributed by atoms with Crippen molar-refractivity contribution in [2.45, 2.75) is 39.2 Å². The molecule has 2 aromatic rings. The molecule has 0 aliphatic rings. The lowest BCUT2D eigenvalue weighted by Crippen LogP contribution is -2.31. The molecule has 4 nitrogen and oxygen atoms in total. The Morgan fingerprint density at radius 2 is 1.68 bits per heavy atom. The molecule has 4 heteroatoms. The van der Waals surface area contributed by atoms with E-state index in [1.165, 1.54) is 5.56 Å². The molecule has 2 rings (SSSR count). The van der Waals surface area contributed by atoms with Gasteiger partial charge in [-0.05, 0) is 54.7 Å². The average Bonchev–Trinajstić information content (AvgIpc) is 2.55. The summed E-state index contributed by atoms with van der Waals surface area (Å²) < 4.78 is 0. The van der Waals surface area contributed by atoms with Crippen molar-refractivity contribution >= 4 is 11.7 Å². The Kier molecular flexibility index (Phi) is 5.53. The molecule has 1 aromatic carbocycles. The fraction of sp³-hybridized carbons (Fsp3) is 0.333. The van der Waals surface area contributed by atoms with Crippen LogP contribution >= 0.6 is 0 Å². The van der Waals surface area contributed by atoms with Gasteiger partial charge in [-0.3, -0.25) is 4.98 Å². The molecule has 0 saturated heterocycles. The van der Waals surface area contributed by atoms with E-state index in [9.17, 15) is 4.79 Å². The van der Waals surface area contributed by atoms with Crippen LogP contribution in [0.3, 0.4) is 0 Å². The molecule has 0 radical (unpaired) electrons. The van der Waals surface area contributed by atoms with Gasteiger partial charge in [-0.15, -0.1) is 0 Å². The third-order valence-corrected chi connectivity index (χ3v) is 3.90. The zero-order chi connectivity index (χ0) is 15.9. The van der Waals surface area contributed by atoms with Crippen molar-refractivity contribution in [1.82, 2.24) is 10.3 Å². The summed E-state index contributed by atoms with van der Waals surface area (Å²) in [5.41, 5.74) is 3.11. The average molecular weight is 297 g/mol. The van der Waals surface area contributed by atoms with Gasteiger partial charge in [0.25, 0.3) is 0 Å². The molecule has 22 heavy (non-hydrogen) atoms. The second-order valence-corrected chi connectivity index (χ2v) is 5.53. The Balaban J connectivity index is 1.92. The summed E-state index contributed by atoms with van der Waals surface area (Å²) in [5, 5.41) is 5.78. The first-order valence-corrected chi connectivity index (χ1v) is 7.67. The van der Waals surface area contributed by atoms with Crippen LogP contribution in [0.5, 0.6) is 0 Å². The van der Waals surface area contributed by atoms with Gasteiger partial charge >= 0.3 is 6.03 Å². The minimum Gasteiger partial charge on any atom is -0.331 e. The molecular weight excluding hydrogens is 274 g/mol. The monoisotopic (exact) mass is 297 g/mol. The van der Waals surface area contributed by atoms with Crippen molar-refractivity contribution in [2.75, 3.05) is 5.32 Å². The minimum atomic E-state index is -0.208. The lowest BCUT2D eigenvalue weighted by atomic mass is 9.99. The zero-order valence-electron chi connectivity index (χ0n) is 13.3. The Bertz CT molecular complexity index is 595. The van der Waals surface area contributed by atoms with Crippen LogP contribution in [0.15, 0.2) is 48.8 Å². The van der Waals surface area contributed by atoms with Gasteiger partial charge in [-0.25, -0.2) is 4.79 Å². The van der Waals surface area contributed by atoms with Gasteiger partial charge in [-0.1, -0.05) is 26.0 Å². The topological polar surface area (TPSA) is 54.0 Å². The Morgan fingerprint density at radius 1 is 1.05 bits per heavy atom. The molecule has 0 fully saturated rings. The molecule has 0 aliphatic heterocycles. The maximum absolute atomic E-state index is 12.0. The lowest BCUT2D eigenvalue weighted by Gasteiger charge is -2.15. The standard InChI is InChI=1S/C18H23N3O/c1-4-13(2)15-5-7-17(8-6-15)21-18(22)20-14(3)16-9-11-19-12-10-16/h5-14H,4H2,1-3H3,(H2,20,21,22). The number of carbonyl (C=O) groups excluding carboxylic acids is 1. The van der Waals surface area contributed by atoms with Crippen LogP contribution in [0.4, 0.5) is 10.5 Å². The predicted octanol–water partition coefficient (Wildman–Crippen LogP) is 4.48. The number of nitrogens with zero attached hydrogens (tertiary/aromatic N) is 1. The van der Waals surface area contributed by atoms with Crippen molar-refractivity contribution in [3.8, 4) is 0 Å². The predicted molar refractivity (Wildman–Crippen MR) is 90.0 cm³/mol. The molecule has 2 unspecified atom stereocenters. The van der Waals surface area contributed by atoms with Gasteiger partial charge in [0.1, 0.15) is 0 Å². The first-order valence-electron chi connectivity index (χ1n) is 7.67. The summed E-state index contributed by atoms with van der Waals surface area (Å²) >= 11 is 0. The normalized spacial score (nSPS) is 13.2. The summed E-state index contributed by atoms with van der Waals surface area (Å²) in [4.78, 5) is 16.0. The van der Waals surface area contributed by atoms with E-state index in [1.807, 2.05) is 31.2 Å². The van der Waals surface area contributed by atoms with E-state index in [4.69, 9.17) is 0 Å². The maximum Gasteiger partial charge on any atom is 0.319 e. The van der Waals surface area contributed by atoms with E-state index in [0.717, 1.165) is 17.7 Å². The van der Waals surface area contributed by atoms with Crippen LogP contribution in [0, 0.1) is 0 Å². The van der Waals surface area contributed by atoms with Crippen LogP contribution in [0.1, 0.15) is 50.3 Å². The fourth-order valence-corrected chi connectivity index (χ4v) is 2.23. The van der Waals surface area contributed by atoms with Crippen LogP contribution in [0.25, 0.3) is 0 Å². The number of rotatable bonds is 5. The summed E-state index contributed by atoms with van der Waals surface area (Å²) in [6.45, 7) is 6.32. The zero-order valence-corrected chi connectivity index (χ0v) is 13.3. The summed E-state index contributed by atoms with van der Waals surface area (Å²) in [6, 6.07) is 11.5. The summed E-state index contributed by atoms with van der Waals surface area (Å²) in [5.74, 6) is 0.537. The number of amides is 2. The van der Waals surface area contributed by atoms with Gasteiger partial charge < -0.3 is 10.6 Å². The second-order valence-electron chi connectivity index (χ2n) is 5.53. The van der Waals surface area contributed by atoms with Crippen molar-refractivity contribution in [3.63, 3.8) is 0 Å². The molecule has 2 amide bonds. The van der Waals surface area contributed by atoms with Crippen LogP contribution in [-0.2, 0) is 0 Å². The molecule has 1 aromatic heterocycles. The van der Waals surface area contributed by atoms with Crippen LogP contribution in [0.2, 0.25) is 0 Å². The van der Waals surface area contributed by atoms with Crippen LogP contribution in [-0.4, -0.2) is 11.0 Å². The van der Waals surface area contributed by atoms with E-state index in [2.05, 4.69) is 41.6 Å². The molecule has 0 bridgehead atoms. The number of benzene rings is 1. The number of anilines is 1. The first-order chi connectivity index (χ1) is 10.6. The van der Waals surface area contributed by atoms with Crippen molar-refractivity contribution in [2.24, 2.45) is 0 Å². The molecule has 2 atom stereocenters. The van der Waals surface area contributed by atoms with E-state index < -0.39 is 0 Å². The van der Waals surface area contributed by atoms with E-state index in [0.29, 0.717) is 5.92 Å². The second kappa shape index (κ2) is 7.59. The van der Waals surface area contributed by atoms with Gasteiger partial charge in [0.05, 0.1) is 6.04 Å². The number of aromatic nitrogens is 1. The highest BCUT2D eigenvalue weighted by atomic mass is 16.2. The largest absolute Gasteiger partial charge is 0.331 e. The fourth-order valence-electron chi connectivity index (χ4n) is 2.23. The molecular formula is C18H23N3O. The lowest BCUT2D eigenvalue weighted by molar-refractivity contribution is 0.249. The highest BCUT2D eigenvalue weighted by Crippen LogP contribution is 2.20. The molecule has 2 N–H and O–H groups in total. The van der Waals surface area contributed by atoms with Gasteiger partial charge in [0.15, 0.2) is 0 Å². The molecule has 116 valence electrons. The maximum atomic E-state index is 12.0. The quantitative estimate of drug-likeness (QED) is 0.855. The number of hydrogen-bond donors (Lipinski definition) is 2. The minimum absolute atomic E-state index is 0.0672. The van der Waals surface area contributed by atoms with Crippen LogP contribution < -0.4 is 10.6 Å². The van der Waals surface area contributed by atoms with Crippen molar-refractivity contribution < 1.29 is 4.79 Å². The van der Waals surface area contributed by atoms with Gasteiger partial charge in [0, 0.05) is 18.1 Å². The summed E-state index contributed by atoms with van der Waals surface area (Å²) in [7, 11) is 0. The number of urea groups is 1. The van der Waals surface area contributed by atoms with Gasteiger partial charge in [-0.2, -0.15) is 0 Å². The highest BCUT2D eigenvalue weighted by Gasteiger charge is 2.09. The number of pyridine rings is 1. The SMILES string of the molecule is CCC(C)c1ccc(NC(=O)NC(C)c2ccncc2)cc1. The number of nitrogens with one attached hydrogen (secondary N) is 2. The van der Waals surface area contributed by atoms with Gasteiger partial charge in [0.2, 0.25) is 0 Å². The Labute approximate surface area is 132 Å². The third-order valence-electron chi connectivity index (χ3n) is 3.90. The van der Waals surface area contributed by atoms with Crippen molar-refractivity contribution in [1.29, 1.82) is 0 Å². The highest BCUT2D eigenvalue weighted by molar-refractivity contribution is 5.89. The number of hydrogen-bond acceptors (Lipinski definition) is 2. The van der Waals surface area contributed by atoms with Crippen molar-refractivity contribution in [3.05, 3.63) is 59.9 Å².